The summed E-state index contributed by atoms with van der Waals surface area (Å²) in [6.45, 7) is -0.265. The van der Waals surface area contributed by atoms with E-state index < -0.39 is 11.9 Å². The molecular weight excluding hydrogens is 322 g/mol. The summed E-state index contributed by atoms with van der Waals surface area (Å²) in [6, 6.07) is 13.5. The van der Waals surface area contributed by atoms with Gasteiger partial charge in [-0.25, -0.2) is 9.48 Å². The molecule has 0 bridgehead atoms. The first-order valence-electron chi connectivity index (χ1n) is 7.52. The van der Waals surface area contributed by atoms with Crippen LogP contribution in [0.15, 0.2) is 59.5 Å². The highest BCUT2D eigenvalue weighted by atomic mass is 16.5. The molecule has 0 spiro atoms. The van der Waals surface area contributed by atoms with E-state index in [0.29, 0.717) is 16.5 Å². The zero-order chi connectivity index (χ0) is 17.8. The molecule has 0 saturated carbocycles. The highest BCUT2D eigenvalue weighted by Gasteiger charge is 2.14. The maximum atomic E-state index is 12.4. The zero-order valence-corrected chi connectivity index (χ0v) is 13.4. The molecule has 0 unspecified atom stereocenters. The van der Waals surface area contributed by atoms with E-state index in [4.69, 9.17) is 0 Å². The fraction of sp³-hybridized carbons (Fsp3) is 0.111. The van der Waals surface area contributed by atoms with Gasteiger partial charge in [0.1, 0.15) is 6.54 Å². The van der Waals surface area contributed by atoms with Crippen LogP contribution in [0.25, 0.3) is 10.8 Å². The number of methoxy groups -OCH3 is 1. The lowest BCUT2D eigenvalue weighted by molar-refractivity contribution is -0.117. The van der Waals surface area contributed by atoms with Crippen LogP contribution in [-0.2, 0) is 16.1 Å². The lowest BCUT2D eigenvalue weighted by atomic mass is 10.2. The Morgan fingerprint density at radius 2 is 1.84 bits per heavy atom. The minimum atomic E-state index is -0.558. The maximum absolute atomic E-state index is 12.4. The third-order valence-electron chi connectivity index (χ3n) is 3.66. The fourth-order valence-corrected chi connectivity index (χ4v) is 2.45. The van der Waals surface area contributed by atoms with E-state index in [2.05, 4.69) is 15.2 Å². The summed E-state index contributed by atoms with van der Waals surface area (Å²) in [5.41, 5.74) is 0.194. The summed E-state index contributed by atoms with van der Waals surface area (Å²) in [7, 11) is 1.26. The summed E-state index contributed by atoms with van der Waals surface area (Å²) >= 11 is 0. The molecule has 7 nitrogen and oxygen atoms in total. The van der Waals surface area contributed by atoms with Gasteiger partial charge in [0.2, 0.25) is 5.91 Å². The first-order valence-corrected chi connectivity index (χ1v) is 7.52. The number of benzene rings is 2. The molecule has 2 aromatic carbocycles. The number of hydrogen-bond donors (Lipinski definition) is 1. The molecule has 1 aromatic heterocycles. The summed E-state index contributed by atoms with van der Waals surface area (Å²) in [4.78, 5) is 36.4. The van der Waals surface area contributed by atoms with E-state index in [1.807, 2.05) is 6.07 Å². The van der Waals surface area contributed by atoms with Gasteiger partial charge in [0.15, 0.2) is 0 Å². The molecule has 0 aliphatic carbocycles. The van der Waals surface area contributed by atoms with Crippen LogP contribution in [0.5, 0.6) is 0 Å². The van der Waals surface area contributed by atoms with Crippen molar-refractivity contribution in [2.75, 3.05) is 12.4 Å². The van der Waals surface area contributed by atoms with E-state index in [9.17, 15) is 14.4 Å². The van der Waals surface area contributed by atoms with E-state index >= 15 is 0 Å². The van der Waals surface area contributed by atoms with Crippen LogP contribution in [0.4, 0.5) is 5.69 Å². The average Bonchev–Trinajstić information content (AvgIpc) is 2.64. The number of nitrogens with zero attached hydrogens (tertiary/aromatic N) is 2. The molecular formula is C18H15N3O4. The minimum absolute atomic E-state index is 0.233. The predicted molar refractivity (Wildman–Crippen MR) is 92.4 cm³/mol. The quantitative estimate of drug-likeness (QED) is 0.734. The Morgan fingerprint density at radius 1 is 1.12 bits per heavy atom. The monoisotopic (exact) mass is 337 g/mol. The molecule has 0 atom stereocenters. The normalized spacial score (nSPS) is 10.4. The van der Waals surface area contributed by atoms with Crippen LogP contribution in [0, 0.1) is 0 Å². The van der Waals surface area contributed by atoms with Crippen molar-refractivity contribution in [3.8, 4) is 0 Å². The van der Waals surface area contributed by atoms with Crippen LogP contribution >= 0.6 is 0 Å². The minimum Gasteiger partial charge on any atom is -0.465 e. The van der Waals surface area contributed by atoms with Gasteiger partial charge in [-0.05, 0) is 18.2 Å². The van der Waals surface area contributed by atoms with Gasteiger partial charge in [-0.3, -0.25) is 9.59 Å². The third-order valence-corrected chi connectivity index (χ3v) is 3.66. The number of fused-ring (bicyclic) bond motifs is 1. The van der Waals surface area contributed by atoms with Gasteiger partial charge in [-0.2, -0.15) is 5.10 Å². The topological polar surface area (TPSA) is 90.3 Å². The average molecular weight is 337 g/mol. The SMILES string of the molecule is COC(=O)c1ccccc1NC(=O)Cn1ncc2ccccc2c1=O. The molecule has 0 aliphatic rings. The van der Waals surface area contributed by atoms with Gasteiger partial charge < -0.3 is 10.1 Å². The van der Waals surface area contributed by atoms with Crippen molar-refractivity contribution in [3.63, 3.8) is 0 Å². The van der Waals surface area contributed by atoms with Crippen molar-refractivity contribution in [1.29, 1.82) is 0 Å². The number of esters is 1. The second kappa shape index (κ2) is 6.96. The molecule has 25 heavy (non-hydrogen) atoms. The Morgan fingerprint density at radius 3 is 2.64 bits per heavy atom. The van der Waals surface area contributed by atoms with Gasteiger partial charge in [-0.1, -0.05) is 30.3 Å². The zero-order valence-electron chi connectivity index (χ0n) is 13.4. The molecule has 0 radical (unpaired) electrons. The van der Waals surface area contributed by atoms with Gasteiger partial charge in [-0.15, -0.1) is 0 Å². The van der Waals surface area contributed by atoms with Crippen LogP contribution in [0.3, 0.4) is 0 Å². The van der Waals surface area contributed by atoms with Crippen LogP contribution in [-0.4, -0.2) is 28.8 Å². The smallest absolute Gasteiger partial charge is 0.339 e. The second-order valence-electron chi connectivity index (χ2n) is 5.28. The van der Waals surface area contributed by atoms with E-state index in [-0.39, 0.29) is 17.7 Å². The summed E-state index contributed by atoms with van der Waals surface area (Å²) in [5.74, 6) is -1.03. The standard InChI is InChI=1S/C18H15N3O4/c1-25-18(24)14-8-4-5-9-15(14)20-16(22)11-21-17(23)13-7-3-2-6-12(13)10-19-21/h2-10H,11H2,1H3,(H,20,22). The number of rotatable bonds is 4. The van der Waals surface area contributed by atoms with E-state index in [0.717, 1.165) is 4.68 Å². The Bertz CT molecular complexity index is 1010. The van der Waals surface area contributed by atoms with E-state index in [1.165, 1.54) is 13.3 Å². The number of carbonyl (C=O) groups excluding carboxylic acids is 2. The molecule has 1 amide bonds. The van der Waals surface area contributed by atoms with Gasteiger partial charge in [0, 0.05) is 5.39 Å². The third kappa shape index (κ3) is 3.40. The van der Waals surface area contributed by atoms with Crippen molar-refractivity contribution >= 4 is 28.3 Å². The molecule has 3 aromatic rings. The molecule has 1 heterocycles. The van der Waals surface area contributed by atoms with Crippen molar-refractivity contribution in [3.05, 3.63) is 70.6 Å². The van der Waals surface area contributed by atoms with Crippen LogP contribution in [0.1, 0.15) is 10.4 Å². The number of aromatic nitrogens is 2. The molecule has 7 heteroatoms. The lowest BCUT2D eigenvalue weighted by Crippen LogP contribution is -2.29. The molecule has 126 valence electrons. The van der Waals surface area contributed by atoms with Crippen molar-refractivity contribution < 1.29 is 14.3 Å². The number of ether oxygens (including phenoxy) is 1. The number of hydrogen-bond acceptors (Lipinski definition) is 5. The fourth-order valence-electron chi connectivity index (χ4n) is 2.45. The first kappa shape index (κ1) is 16.4. The number of amides is 1. The van der Waals surface area contributed by atoms with Crippen molar-refractivity contribution in [1.82, 2.24) is 9.78 Å². The largest absolute Gasteiger partial charge is 0.465 e. The molecule has 0 aliphatic heterocycles. The Hall–Kier alpha value is -3.48. The molecule has 0 saturated heterocycles. The van der Waals surface area contributed by atoms with Crippen LogP contribution < -0.4 is 10.9 Å². The maximum Gasteiger partial charge on any atom is 0.339 e. The summed E-state index contributed by atoms with van der Waals surface area (Å²) < 4.78 is 5.77. The van der Waals surface area contributed by atoms with Gasteiger partial charge in [0.05, 0.1) is 29.9 Å². The molecule has 0 fully saturated rings. The molecule has 3 rings (SSSR count). The summed E-state index contributed by atoms with van der Waals surface area (Å²) in [6.07, 6.45) is 1.53. The van der Waals surface area contributed by atoms with E-state index in [1.54, 1.807) is 42.5 Å². The Kier molecular flexibility index (Phi) is 4.56. The predicted octanol–water partition coefficient (Wildman–Crippen LogP) is 1.82. The highest BCUT2D eigenvalue weighted by Crippen LogP contribution is 2.16. The highest BCUT2D eigenvalue weighted by molar-refractivity contribution is 6.01. The molecule has 1 N–H and O–H groups in total. The number of nitrogens with one attached hydrogen (secondary N) is 1. The second-order valence-corrected chi connectivity index (χ2v) is 5.28. The Labute approximate surface area is 142 Å². The van der Waals surface area contributed by atoms with Crippen molar-refractivity contribution in [2.24, 2.45) is 0 Å². The van der Waals surface area contributed by atoms with Gasteiger partial charge >= 0.3 is 5.97 Å². The first-order chi connectivity index (χ1) is 12.1. The van der Waals surface area contributed by atoms with Gasteiger partial charge in [0.25, 0.3) is 5.56 Å². The number of para-hydroxylation sites is 1. The number of carbonyl (C=O) groups is 2. The van der Waals surface area contributed by atoms with Crippen LogP contribution in [0.2, 0.25) is 0 Å². The summed E-state index contributed by atoms with van der Waals surface area (Å²) in [5, 5.41) is 7.82. The van der Waals surface area contributed by atoms with Crippen molar-refractivity contribution in [2.45, 2.75) is 6.54 Å². The lowest BCUT2D eigenvalue weighted by Gasteiger charge is -2.10. The number of anilines is 1. The Balaban J connectivity index is 1.84.